The molecule has 2 rings (SSSR count). The van der Waals surface area contributed by atoms with E-state index in [4.69, 9.17) is 9.47 Å². The van der Waals surface area contributed by atoms with Crippen LogP contribution < -0.4 is 5.32 Å². The van der Waals surface area contributed by atoms with E-state index in [2.05, 4.69) is 5.32 Å². The lowest BCUT2D eigenvalue weighted by Gasteiger charge is -2.31. The highest BCUT2D eigenvalue weighted by molar-refractivity contribution is 5.84. The smallest absolute Gasteiger partial charge is 0.331 e. The highest BCUT2D eigenvalue weighted by Crippen LogP contribution is 2.27. The largest absolute Gasteiger partial charge is 0.467 e. The molecule has 0 saturated carbocycles. The molecule has 0 radical (unpaired) electrons. The number of anilines is 1. The molecule has 1 aromatic carbocycles. The number of para-hydroxylation sites is 1. The number of rotatable bonds is 3. The Kier molecular flexibility index (Phi) is 4.20. The highest BCUT2D eigenvalue weighted by atomic mass is 16.5. The van der Waals surface area contributed by atoms with Crippen LogP contribution in [0.4, 0.5) is 5.69 Å². The van der Waals surface area contributed by atoms with Crippen LogP contribution in [0.5, 0.6) is 0 Å². The van der Waals surface area contributed by atoms with Crippen LogP contribution in [-0.4, -0.2) is 31.8 Å². The van der Waals surface area contributed by atoms with Gasteiger partial charge in [0.05, 0.1) is 7.11 Å². The van der Waals surface area contributed by atoms with Gasteiger partial charge < -0.3 is 14.8 Å². The monoisotopic (exact) mass is 249 g/mol. The molecule has 1 aromatic rings. The van der Waals surface area contributed by atoms with E-state index in [0.717, 1.165) is 18.5 Å². The fraction of sp³-hybridized carbons (Fsp3) is 0.500. The number of carbonyl (C=O) groups excluding carboxylic acids is 1. The normalized spacial score (nSPS) is 24.1. The van der Waals surface area contributed by atoms with Crippen molar-refractivity contribution in [1.82, 2.24) is 0 Å². The summed E-state index contributed by atoms with van der Waals surface area (Å²) in [6, 6.07) is 9.75. The van der Waals surface area contributed by atoms with E-state index in [9.17, 15) is 4.79 Å². The van der Waals surface area contributed by atoms with E-state index in [1.807, 2.05) is 30.3 Å². The van der Waals surface area contributed by atoms with E-state index < -0.39 is 5.54 Å². The second-order valence-electron chi connectivity index (χ2n) is 4.53. The van der Waals surface area contributed by atoms with Crippen LogP contribution in [0.3, 0.4) is 0 Å². The molecule has 1 fully saturated rings. The van der Waals surface area contributed by atoms with Crippen LogP contribution in [-0.2, 0) is 14.3 Å². The topological polar surface area (TPSA) is 47.6 Å². The fourth-order valence-electron chi connectivity index (χ4n) is 2.32. The number of ether oxygens (including phenoxy) is 2. The van der Waals surface area contributed by atoms with Crippen molar-refractivity contribution in [2.75, 3.05) is 25.6 Å². The average Bonchev–Trinajstić information content (AvgIpc) is 2.65. The number of benzene rings is 1. The Hall–Kier alpha value is -1.55. The first-order valence-electron chi connectivity index (χ1n) is 6.26. The van der Waals surface area contributed by atoms with Crippen molar-refractivity contribution < 1.29 is 14.3 Å². The summed E-state index contributed by atoms with van der Waals surface area (Å²) in [7, 11) is 1.43. The van der Waals surface area contributed by atoms with Crippen LogP contribution in [0.1, 0.15) is 19.3 Å². The highest BCUT2D eigenvalue weighted by Gasteiger charge is 2.40. The number of carbonyl (C=O) groups is 1. The maximum absolute atomic E-state index is 12.1. The van der Waals surface area contributed by atoms with Crippen molar-refractivity contribution in [2.24, 2.45) is 0 Å². The maximum atomic E-state index is 12.1. The Bertz CT molecular complexity index is 383. The lowest BCUT2D eigenvalue weighted by atomic mass is 9.90. The maximum Gasteiger partial charge on any atom is 0.331 e. The molecule has 18 heavy (non-hydrogen) atoms. The molecule has 1 heterocycles. The van der Waals surface area contributed by atoms with Crippen molar-refractivity contribution in [1.29, 1.82) is 0 Å². The quantitative estimate of drug-likeness (QED) is 0.834. The average molecular weight is 249 g/mol. The third-order valence-corrected chi connectivity index (χ3v) is 3.30. The standard InChI is InChI=1S/C14H19NO3/c1-17-13(16)14(8-5-10-18-11-9-14)15-12-6-3-2-4-7-12/h2-4,6-7,15H,5,8-11H2,1H3. The summed E-state index contributed by atoms with van der Waals surface area (Å²) in [6.07, 6.45) is 2.22. The molecule has 1 aliphatic rings. The molecule has 1 aliphatic heterocycles. The van der Waals surface area contributed by atoms with Gasteiger partial charge in [0.1, 0.15) is 5.54 Å². The van der Waals surface area contributed by atoms with Gasteiger partial charge in [0.25, 0.3) is 0 Å². The van der Waals surface area contributed by atoms with Crippen molar-refractivity contribution in [3.8, 4) is 0 Å². The van der Waals surface area contributed by atoms with Crippen molar-refractivity contribution in [3.63, 3.8) is 0 Å². The SMILES string of the molecule is COC(=O)C1(Nc2ccccc2)CCCOCC1. The molecular formula is C14H19NO3. The summed E-state index contributed by atoms with van der Waals surface area (Å²) < 4.78 is 10.4. The molecule has 1 saturated heterocycles. The molecule has 1 N–H and O–H groups in total. The second-order valence-corrected chi connectivity index (χ2v) is 4.53. The first-order chi connectivity index (χ1) is 8.77. The third kappa shape index (κ3) is 2.82. The predicted octanol–water partition coefficient (Wildman–Crippen LogP) is 2.21. The molecule has 1 atom stereocenters. The van der Waals surface area contributed by atoms with Gasteiger partial charge in [-0.15, -0.1) is 0 Å². The number of methoxy groups -OCH3 is 1. The Morgan fingerprint density at radius 3 is 2.78 bits per heavy atom. The molecule has 0 spiro atoms. The van der Waals surface area contributed by atoms with Crippen LogP contribution in [0.15, 0.2) is 30.3 Å². The van der Waals surface area contributed by atoms with Crippen LogP contribution in [0.2, 0.25) is 0 Å². The van der Waals surface area contributed by atoms with Gasteiger partial charge in [0.2, 0.25) is 0 Å². The molecule has 4 heteroatoms. The number of hydrogen-bond donors (Lipinski definition) is 1. The summed E-state index contributed by atoms with van der Waals surface area (Å²) in [6.45, 7) is 1.28. The lowest BCUT2D eigenvalue weighted by Crippen LogP contribution is -2.47. The predicted molar refractivity (Wildman–Crippen MR) is 69.5 cm³/mol. The van der Waals surface area contributed by atoms with E-state index >= 15 is 0 Å². The lowest BCUT2D eigenvalue weighted by molar-refractivity contribution is -0.146. The van der Waals surface area contributed by atoms with Gasteiger partial charge in [-0.3, -0.25) is 0 Å². The molecule has 0 bridgehead atoms. The fourth-order valence-corrected chi connectivity index (χ4v) is 2.32. The number of hydrogen-bond acceptors (Lipinski definition) is 4. The van der Waals surface area contributed by atoms with E-state index in [-0.39, 0.29) is 5.97 Å². The molecule has 0 aliphatic carbocycles. The van der Waals surface area contributed by atoms with Gasteiger partial charge in [0.15, 0.2) is 0 Å². The summed E-state index contributed by atoms with van der Waals surface area (Å²) >= 11 is 0. The Morgan fingerprint density at radius 2 is 2.06 bits per heavy atom. The molecule has 0 aromatic heterocycles. The van der Waals surface area contributed by atoms with Gasteiger partial charge >= 0.3 is 5.97 Å². The zero-order chi connectivity index (χ0) is 12.8. The van der Waals surface area contributed by atoms with Crippen molar-refractivity contribution in [3.05, 3.63) is 30.3 Å². The third-order valence-electron chi connectivity index (χ3n) is 3.30. The Labute approximate surface area is 107 Å². The second kappa shape index (κ2) is 5.87. The van der Waals surface area contributed by atoms with E-state index in [1.165, 1.54) is 7.11 Å². The van der Waals surface area contributed by atoms with Gasteiger partial charge in [-0.25, -0.2) is 4.79 Å². The summed E-state index contributed by atoms with van der Waals surface area (Å²) in [5, 5.41) is 3.33. The Balaban J connectivity index is 2.21. The Morgan fingerprint density at radius 1 is 1.28 bits per heavy atom. The van der Waals surface area contributed by atoms with Crippen molar-refractivity contribution >= 4 is 11.7 Å². The van der Waals surface area contributed by atoms with Gasteiger partial charge in [-0.05, 0) is 25.0 Å². The van der Waals surface area contributed by atoms with E-state index in [0.29, 0.717) is 19.6 Å². The summed E-state index contributed by atoms with van der Waals surface area (Å²) in [4.78, 5) is 12.1. The summed E-state index contributed by atoms with van der Waals surface area (Å²) in [5.41, 5.74) is 0.275. The van der Waals surface area contributed by atoms with Gasteiger partial charge in [-0.2, -0.15) is 0 Å². The minimum atomic E-state index is -0.660. The molecule has 1 unspecified atom stereocenters. The first-order valence-corrected chi connectivity index (χ1v) is 6.26. The number of esters is 1. The summed E-state index contributed by atoms with van der Waals surface area (Å²) in [5.74, 6) is -0.211. The van der Waals surface area contributed by atoms with Crippen molar-refractivity contribution in [2.45, 2.75) is 24.8 Å². The van der Waals surface area contributed by atoms with Crippen LogP contribution >= 0.6 is 0 Å². The minimum absolute atomic E-state index is 0.211. The zero-order valence-electron chi connectivity index (χ0n) is 10.6. The van der Waals surface area contributed by atoms with E-state index in [1.54, 1.807) is 0 Å². The molecular weight excluding hydrogens is 230 g/mol. The zero-order valence-corrected chi connectivity index (χ0v) is 10.6. The molecule has 4 nitrogen and oxygen atoms in total. The minimum Gasteiger partial charge on any atom is -0.467 e. The molecule has 98 valence electrons. The van der Waals surface area contributed by atoms with Crippen LogP contribution in [0.25, 0.3) is 0 Å². The first kappa shape index (κ1) is 12.9. The van der Waals surface area contributed by atoms with Gasteiger partial charge in [0, 0.05) is 25.3 Å². The van der Waals surface area contributed by atoms with Crippen LogP contribution in [0, 0.1) is 0 Å². The van der Waals surface area contributed by atoms with Gasteiger partial charge in [-0.1, -0.05) is 18.2 Å². The molecule has 0 amide bonds. The number of nitrogens with one attached hydrogen (secondary N) is 1.